The highest BCUT2D eigenvalue weighted by Crippen LogP contribution is 2.68. The first kappa shape index (κ1) is 32.9. The number of fused-ring (bicyclic) bond motifs is 2. The number of hydrogen-bond donors (Lipinski definition) is 0. The van der Waals surface area contributed by atoms with Gasteiger partial charge in [0.25, 0.3) is 0 Å². The van der Waals surface area contributed by atoms with Crippen LogP contribution in [0.1, 0.15) is 98.1 Å². The monoisotopic (exact) mass is 622 g/mol. The summed E-state index contributed by atoms with van der Waals surface area (Å²) in [6.07, 6.45) is 8.36. The molecular weight excluding hydrogens is 561 g/mol. The lowest BCUT2D eigenvalue weighted by molar-refractivity contribution is 0.175. The predicted octanol–water partition coefficient (Wildman–Crippen LogP) is 12.3. The van der Waals surface area contributed by atoms with Crippen LogP contribution in [-0.4, -0.2) is 14.7 Å². The lowest BCUT2D eigenvalue weighted by Gasteiger charge is -2.48. The number of ether oxygens (including phenoxy) is 1. The van der Waals surface area contributed by atoms with E-state index in [0.29, 0.717) is 23.7 Å². The summed E-state index contributed by atoms with van der Waals surface area (Å²) in [6, 6.07) is 23.0. The Labute approximate surface area is 277 Å². The first-order valence-electron chi connectivity index (χ1n) is 18.5. The Kier molecular flexibility index (Phi) is 9.14. The minimum absolute atomic E-state index is 0.0308. The van der Waals surface area contributed by atoms with E-state index in [1.807, 2.05) is 0 Å². The summed E-state index contributed by atoms with van der Waals surface area (Å²) in [7, 11) is -1.76. The number of allylic oxidation sites excluding steroid dienone is 3. The Bertz CT molecular complexity index is 1380. The molecule has 3 saturated carbocycles. The zero-order chi connectivity index (χ0) is 32.3. The van der Waals surface area contributed by atoms with Gasteiger partial charge in [0.1, 0.15) is 5.76 Å². The predicted molar refractivity (Wildman–Crippen MR) is 196 cm³/mol. The minimum Gasteiger partial charge on any atom is -0.493 e. The van der Waals surface area contributed by atoms with E-state index in [2.05, 4.69) is 135 Å². The van der Waals surface area contributed by atoms with Crippen molar-refractivity contribution in [3.8, 4) is 0 Å². The minimum atomic E-state index is -1.76. The smallest absolute Gasteiger partial charge is 0.126 e. The molecule has 0 amide bonds. The molecule has 2 aromatic carbocycles. The van der Waals surface area contributed by atoms with Crippen molar-refractivity contribution in [1.29, 1.82) is 0 Å². The molecular formula is C43H62OSi. The van der Waals surface area contributed by atoms with E-state index in [4.69, 9.17) is 4.74 Å². The third-order valence-corrected chi connectivity index (χ3v) is 18.3. The molecule has 0 N–H and O–H groups in total. The average molecular weight is 623 g/mol. The fraction of sp³-hybridized carbons (Fsp3) is 0.628. The average Bonchev–Trinajstić information content (AvgIpc) is 3.48. The van der Waals surface area contributed by atoms with Gasteiger partial charge in [0.2, 0.25) is 0 Å². The van der Waals surface area contributed by atoms with Gasteiger partial charge in [0.05, 0.1) is 14.7 Å². The third kappa shape index (κ3) is 5.96. The normalized spacial score (nSPS) is 35.3. The van der Waals surface area contributed by atoms with Gasteiger partial charge >= 0.3 is 0 Å². The molecule has 1 nitrogen and oxygen atoms in total. The summed E-state index contributed by atoms with van der Waals surface area (Å²) >= 11 is 0. The Morgan fingerprint density at radius 1 is 0.822 bits per heavy atom. The van der Waals surface area contributed by atoms with E-state index >= 15 is 0 Å². The Morgan fingerprint density at radius 3 is 2.09 bits per heavy atom. The van der Waals surface area contributed by atoms with Gasteiger partial charge < -0.3 is 4.74 Å². The second-order valence-corrected chi connectivity index (χ2v) is 22.9. The third-order valence-electron chi connectivity index (χ3n) is 13.0. The van der Waals surface area contributed by atoms with Crippen LogP contribution in [0, 0.1) is 52.8 Å². The van der Waals surface area contributed by atoms with Crippen molar-refractivity contribution in [1.82, 2.24) is 0 Å². The van der Waals surface area contributed by atoms with Crippen LogP contribution in [0.25, 0.3) is 5.57 Å². The summed E-state index contributed by atoms with van der Waals surface area (Å²) in [6.45, 7) is 26.1. The van der Waals surface area contributed by atoms with E-state index in [1.165, 1.54) is 48.2 Å². The topological polar surface area (TPSA) is 9.23 Å². The number of hydrogen-bond acceptors (Lipinski definition) is 1. The molecule has 10 unspecified atom stereocenters. The van der Waals surface area contributed by atoms with Gasteiger partial charge in [-0.15, -0.1) is 0 Å². The van der Waals surface area contributed by atoms with Crippen LogP contribution in [0.3, 0.4) is 0 Å². The van der Waals surface area contributed by atoms with Crippen LogP contribution in [0.2, 0.25) is 24.2 Å². The molecule has 10 atom stereocenters. The standard InChI is InChI=1S/C43H62OSi/c1-27(2)26-44-40-37(43(6,7)8)25-36-35(39(40)32-19-15-12-16-20-32)24-29(4)41(36)45(9,10)42-30(5)38(31-17-13-11-14-18-31)34-23-28(3)21-22-33(34)42/h11-20,25,27-30,33-36,38,41-42H,21-24,26H2,1-10H3. The second-order valence-electron chi connectivity index (χ2n) is 18.0. The van der Waals surface area contributed by atoms with Crippen molar-refractivity contribution in [2.75, 3.05) is 6.61 Å². The van der Waals surface area contributed by atoms with Crippen molar-refractivity contribution in [2.24, 2.45) is 52.8 Å². The van der Waals surface area contributed by atoms with Crippen molar-refractivity contribution < 1.29 is 4.74 Å². The lowest BCUT2D eigenvalue weighted by atomic mass is 9.71. The van der Waals surface area contributed by atoms with Crippen LogP contribution < -0.4 is 0 Å². The molecule has 244 valence electrons. The van der Waals surface area contributed by atoms with Crippen LogP contribution in [-0.2, 0) is 4.74 Å². The van der Waals surface area contributed by atoms with E-state index in [9.17, 15) is 0 Å². The number of rotatable bonds is 7. The van der Waals surface area contributed by atoms with Gasteiger partial charge in [-0.25, -0.2) is 0 Å². The highest BCUT2D eigenvalue weighted by Gasteiger charge is 2.61. The van der Waals surface area contributed by atoms with E-state index < -0.39 is 8.07 Å². The molecule has 0 saturated heterocycles. The molecule has 0 aromatic heterocycles. The zero-order valence-corrected chi connectivity index (χ0v) is 31.1. The first-order valence-corrected chi connectivity index (χ1v) is 21.7. The quantitative estimate of drug-likeness (QED) is 0.279. The summed E-state index contributed by atoms with van der Waals surface area (Å²) in [5.74, 6) is 7.63. The zero-order valence-electron chi connectivity index (χ0n) is 30.1. The fourth-order valence-electron chi connectivity index (χ4n) is 11.6. The summed E-state index contributed by atoms with van der Waals surface area (Å²) < 4.78 is 6.90. The van der Waals surface area contributed by atoms with Crippen molar-refractivity contribution >= 4 is 13.6 Å². The summed E-state index contributed by atoms with van der Waals surface area (Å²) in [4.78, 5) is 0. The van der Waals surface area contributed by atoms with Crippen LogP contribution in [0.4, 0.5) is 0 Å². The molecule has 4 aliphatic rings. The largest absolute Gasteiger partial charge is 0.493 e. The Morgan fingerprint density at radius 2 is 1.47 bits per heavy atom. The molecule has 2 heteroatoms. The van der Waals surface area contributed by atoms with Gasteiger partial charge in [0.15, 0.2) is 0 Å². The van der Waals surface area contributed by atoms with Gasteiger partial charge in [0, 0.05) is 5.57 Å². The molecule has 4 aliphatic carbocycles. The van der Waals surface area contributed by atoms with Crippen LogP contribution in [0.5, 0.6) is 0 Å². The van der Waals surface area contributed by atoms with Crippen LogP contribution >= 0.6 is 0 Å². The van der Waals surface area contributed by atoms with E-state index in [0.717, 1.165) is 47.3 Å². The maximum Gasteiger partial charge on any atom is 0.126 e. The van der Waals surface area contributed by atoms with Gasteiger partial charge in [-0.3, -0.25) is 0 Å². The van der Waals surface area contributed by atoms with E-state index in [-0.39, 0.29) is 5.41 Å². The Balaban J connectivity index is 1.44. The molecule has 0 heterocycles. The summed E-state index contributed by atoms with van der Waals surface area (Å²) in [5.41, 5.74) is 7.66. The number of benzene rings is 2. The first-order chi connectivity index (χ1) is 21.3. The molecule has 0 aliphatic heterocycles. The maximum absolute atomic E-state index is 6.90. The fourth-order valence-corrected chi connectivity index (χ4v) is 18.1. The van der Waals surface area contributed by atoms with Crippen LogP contribution in [0.15, 0.2) is 78.1 Å². The van der Waals surface area contributed by atoms with E-state index in [1.54, 1.807) is 5.56 Å². The Hall–Kier alpha value is -2.06. The molecule has 6 rings (SSSR count). The lowest BCUT2D eigenvalue weighted by Crippen LogP contribution is -2.46. The molecule has 2 aromatic rings. The van der Waals surface area contributed by atoms with Gasteiger partial charge in [-0.1, -0.05) is 142 Å². The van der Waals surface area contributed by atoms with Gasteiger partial charge in [-0.05, 0) is 106 Å². The highest BCUT2D eigenvalue weighted by atomic mass is 28.3. The maximum atomic E-state index is 6.90. The molecule has 3 fully saturated rings. The molecule has 0 spiro atoms. The molecule has 0 radical (unpaired) electrons. The van der Waals surface area contributed by atoms with Crippen molar-refractivity contribution in [3.05, 3.63) is 89.2 Å². The van der Waals surface area contributed by atoms with Gasteiger partial charge in [-0.2, -0.15) is 0 Å². The second kappa shape index (κ2) is 12.5. The highest BCUT2D eigenvalue weighted by molar-refractivity contribution is 6.80. The van der Waals surface area contributed by atoms with Crippen molar-refractivity contribution in [2.45, 2.75) is 111 Å². The summed E-state index contributed by atoms with van der Waals surface area (Å²) in [5, 5.41) is 0. The SMILES string of the molecule is CC(C)COC1=C(c2ccccc2)C2CC(C)C([Si](C)(C)C3C(C)C(c4ccccc4)C4CC(C)CCC43)C2C=C1C(C)(C)C. The van der Waals surface area contributed by atoms with Crippen molar-refractivity contribution in [3.63, 3.8) is 0 Å². The molecule has 45 heavy (non-hydrogen) atoms. The molecule has 0 bridgehead atoms.